The molecule has 7 rings (SSSR count). The maximum atomic E-state index is 6.95. The molecule has 5 aliphatic rings. The van der Waals surface area contributed by atoms with Crippen LogP contribution in [0.25, 0.3) is 5.57 Å². The SMILES string of the molecule is CC1(C)[C@H]2CC[C@@]3(O[C@H]4C=C(c5ccccc5)C[C@@]4(Oc4ccccc4)O3)[C@@H]1C2. The van der Waals surface area contributed by atoms with Crippen LogP contribution in [-0.4, -0.2) is 17.7 Å². The van der Waals surface area contributed by atoms with Gasteiger partial charge in [-0.3, -0.25) is 0 Å². The fourth-order valence-electron chi connectivity index (χ4n) is 6.20. The number of hydrogen-bond donors (Lipinski definition) is 0. The maximum Gasteiger partial charge on any atom is 0.247 e. The Morgan fingerprint density at radius 2 is 1.69 bits per heavy atom. The first-order chi connectivity index (χ1) is 14.0. The van der Waals surface area contributed by atoms with Gasteiger partial charge in [0, 0.05) is 18.8 Å². The van der Waals surface area contributed by atoms with Crippen LogP contribution in [0.5, 0.6) is 5.75 Å². The zero-order chi connectivity index (χ0) is 19.7. The molecule has 150 valence electrons. The lowest BCUT2D eigenvalue weighted by atomic mass is 9.46. The summed E-state index contributed by atoms with van der Waals surface area (Å²) in [6.07, 6.45) is 6.10. The summed E-state index contributed by atoms with van der Waals surface area (Å²) in [5.74, 6) is 0.764. The van der Waals surface area contributed by atoms with E-state index in [1.165, 1.54) is 24.0 Å². The molecule has 3 heteroatoms. The number of fused-ring (bicyclic) bond motifs is 2. The molecular weight excluding hydrogens is 360 g/mol. The van der Waals surface area contributed by atoms with Crippen molar-refractivity contribution in [1.82, 2.24) is 0 Å². The lowest BCUT2D eigenvalue weighted by Crippen LogP contribution is -2.62. The predicted molar refractivity (Wildman–Crippen MR) is 112 cm³/mol. The van der Waals surface area contributed by atoms with Crippen LogP contribution in [0.1, 0.15) is 45.1 Å². The van der Waals surface area contributed by atoms with Crippen LogP contribution in [0.2, 0.25) is 0 Å². The van der Waals surface area contributed by atoms with Crippen molar-refractivity contribution in [1.29, 1.82) is 0 Å². The second-order valence-corrected chi connectivity index (χ2v) is 9.76. The van der Waals surface area contributed by atoms with Crippen molar-refractivity contribution < 1.29 is 14.2 Å². The van der Waals surface area contributed by atoms with Crippen LogP contribution in [0.15, 0.2) is 66.7 Å². The van der Waals surface area contributed by atoms with Gasteiger partial charge in [-0.25, -0.2) is 0 Å². The second-order valence-electron chi connectivity index (χ2n) is 9.76. The molecule has 4 aliphatic carbocycles. The van der Waals surface area contributed by atoms with Gasteiger partial charge < -0.3 is 14.2 Å². The lowest BCUT2D eigenvalue weighted by molar-refractivity contribution is -0.329. The monoisotopic (exact) mass is 388 g/mol. The maximum absolute atomic E-state index is 6.95. The Balaban J connectivity index is 1.38. The van der Waals surface area contributed by atoms with Crippen LogP contribution in [-0.2, 0) is 9.47 Å². The highest BCUT2D eigenvalue weighted by atomic mass is 16.8. The molecule has 1 heterocycles. The van der Waals surface area contributed by atoms with Crippen LogP contribution in [0, 0.1) is 17.3 Å². The third-order valence-electron chi connectivity index (χ3n) is 7.92. The van der Waals surface area contributed by atoms with Crippen molar-refractivity contribution in [3.05, 3.63) is 72.3 Å². The second kappa shape index (κ2) is 5.96. The minimum Gasteiger partial charge on any atom is -0.459 e. The molecule has 0 N–H and O–H groups in total. The topological polar surface area (TPSA) is 27.7 Å². The summed E-state index contributed by atoms with van der Waals surface area (Å²) in [4.78, 5) is 0. The lowest BCUT2D eigenvalue weighted by Gasteiger charge is -2.62. The van der Waals surface area contributed by atoms with Crippen LogP contribution >= 0.6 is 0 Å². The smallest absolute Gasteiger partial charge is 0.247 e. The largest absolute Gasteiger partial charge is 0.459 e. The number of para-hydroxylation sites is 1. The third-order valence-corrected chi connectivity index (χ3v) is 7.92. The molecule has 3 saturated carbocycles. The Morgan fingerprint density at radius 1 is 0.966 bits per heavy atom. The van der Waals surface area contributed by atoms with Gasteiger partial charge >= 0.3 is 0 Å². The first kappa shape index (κ1) is 17.7. The molecule has 1 spiro atoms. The molecule has 1 aliphatic heterocycles. The van der Waals surface area contributed by atoms with Crippen molar-refractivity contribution >= 4 is 5.57 Å². The molecule has 2 bridgehead atoms. The molecule has 4 fully saturated rings. The highest BCUT2D eigenvalue weighted by Crippen LogP contribution is 2.67. The first-order valence-corrected chi connectivity index (χ1v) is 10.9. The van der Waals surface area contributed by atoms with E-state index in [1.54, 1.807) is 0 Å². The Kier molecular flexibility index (Phi) is 3.65. The number of benzene rings is 2. The zero-order valence-electron chi connectivity index (χ0n) is 17.1. The summed E-state index contributed by atoms with van der Waals surface area (Å²) in [5.41, 5.74) is 2.73. The number of hydrogen-bond acceptors (Lipinski definition) is 3. The zero-order valence-corrected chi connectivity index (χ0v) is 17.1. The molecule has 0 aromatic heterocycles. The van der Waals surface area contributed by atoms with E-state index >= 15 is 0 Å². The summed E-state index contributed by atoms with van der Waals surface area (Å²) in [7, 11) is 0. The average molecular weight is 389 g/mol. The van der Waals surface area contributed by atoms with Gasteiger partial charge in [-0.15, -0.1) is 0 Å². The van der Waals surface area contributed by atoms with E-state index < -0.39 is 11.6 Å². The van der Waals surface area contributed by atoms with Gasteiger partial charge in [0.1, 0.15) is 11.9 Å². The Hall–Kier alpha value is -2.10. The van der Waals surface area contributed by atoms with Crippen molar-refractivity contribution in [3.63, 3.8) is 0 Å². The molecular formula is C26H28O3. The molecule has 0 amide bonds. The quantitative estimate of drug-likeness (QED) is 0.663. The van der Waals surface area contributed by atoms with Crippen molar-refractivity contribution in [2.45, 2.75) is 57.2 Å². The highest BCUT2D eigenvalue weighted by Gasteiger charge is 2.71. The molecule has 0 radical (unpaired) electrons. The minimum absolute atomic E-state index is 0.189. The van der Waals surface area contributed by atoms with E-state index in [0.717, 1.165) is 18.1 Å². The van der Waals surface area contributed by atoms with E-state index in [1.807, 2.05) is 30.3 Å². The van der Waals surface area contributed by atoms with E-state index in [-0.39, 0.29) is 11.5 Å². The summed E-state index contributed by atoms with van der Waals surface area (Å²) >= 11 is 0. The molecule has 0 unspecified atom stereocenters. The summed E-state index contributed by atoms with van der Waals surface area (Å²) in [6.45, 7) is 4.76. The van der Waals surface area contributed by atoms with Crippen LogP contribution in [0.3, 0.4) is 0 Å². The van der Waals surface area contributed by atoms with Gasteiger partial charge in [0.05, 0.1) is 0 Å². The van der Waals surface area contributed by atoms with Crippen LogP contribution in [0.4, 0.5) is 0 Å². The van der Waals surface area contributed by atoms with E-state index in [0.29, 0.717) is 12.3 Å². The fraction of sp³-hybridized carbons (Fsp3) is 0.462. The predicted octanol–water partition coefficient (Wildman–Crippen LogP) is 5.82. The van der Waals surface area contributed by atoms with E-state index in [4.69, 9.17) is 14.2 Å². The fourth-order valence-corrected chi connectivity index (χ4v) is 6.20. The molecule has 29 heavy (non-hydrogen) atoms. The Morgan fingerprint density at radius 3 is 2.38 bits per heavy atom. The Labute approximate surface area is 172 Å². The van der Waals surface area contributed by atoms with Crippen LogP contribution < -0.4 is 4.74 Å². The van der Waals surface area contributed by atoms with Crippen molar-refractivity contribution in [2.75, 3.05) is 0 Å². The van der Waals surface area contributed by atoms with E-state index in [2.05, 4.69) is 50.3 Å². The normalized spacial score (nSPS) is 39.0. The highest BCUT2D eigenvalue weighted by molar-refractivity contribution is 5.70. The standard InChI is InChI=1S/C26H28O3/c1-24(2)20-13-14-25(22(24)16-20)28-23-15-19(18-9-5-3-6-10-18)17-26(23,29-25)27-21-11-7-4-8-12-21/h3-12,15,20,22-23H,13-14,16-17H2,1-2H3/t20-,22+,23-,25-,26+/m0/s1. The molecule has 3 nitrogen and oxygen atoms in total. The third kappa shape index (κ3) is 2.50. The summed E-state index contributed by atoms with van der Waals surface area (Å²) in [5, 5.41) is 0. The number of ether oxygens (including phenoxy) is 3. The Bertz CT molecular complexity index is 948. The van der Waals surface area contributed by atoms with Gasteiger partial charge in [-0.05, 0) is 53.5 Å². The van der Waals surface area contributed by atoms with Gasteiger partial charge in [0.15, 0.2) is 5.79 Å². The number of rotatable bonds is 3. The molecule has 2 aromatic rings. The average Bonchev–Trinajstić information content (AvgIpc) is 3.19. The van der Waals surface area contributed by atoms with Gasteiger partial charge in [0.25, 0.3) is 0 Å². The minimum atomic E-state index is -0.787. The van der Waals surface area contributed by atoms with Gasteiger partial charge in [-0.1, -0.05) is 62.4 Å². The van der Waals surface area contributed by atoms with Gasteiger partial charge in [-0.2, -0.15) is 0 Å². The van der Waals surface area contributed by atoms with Gasteiger partial charge in [0.2, 0.25) is 5.79 Å². The van der Waals surface area contributed by atoms with E-state index in [9.17, 15) is 0 Å². The van der Waals surface area contributed by atoms with Crippen molar-refractivity contribution in [3.8, 4) is 5.75 Å². The molecule has 1 saturated heterocycles. The summed E-state index contributed by atoms with van der Waals surface area (Å²) < 4.78 is 20.4. The van der Waals surface area contributed by atoms with Crippen molar-refractivity contribution in [2.24, 2.45) is 17.3 Å². The molecule has 5 atom stereocenters. The molecule has 2 aromatic carbocycles. The first-order valence-electron chi connectivity index (χ1n) is 10.9. The summed E-state index contributed by atoms with van der Waals surface area (Å²) in [6, 6.07) is 20.5.